The molecule has 0 saturated heterocycles. The predicted octanol–water partition coefficient (Wildman–Crippen LogP) is 4.15. The minimum Gasteiger partial charge on any atom is -0.325 e. The minimum absolute atomic E-state index is 0.0459. The third-order valence-corrected chi connectivity index (χ3v) is 5.87. The van der Waals surface area contributed by atoms with Crippen LogP contribution in [0.25, 0.3) is 0 Å². The SMILES string of the molecule is Cc1cccc(NC(=O)CSC2=C(C#N)[C@@H](c3ccc(F)cc3)CC(=O)N2)c1C. The number of hydrogen-bond acceptors (Lipinski definition) is 4. The van der Waals surface area contributed by atoms with Gasteiger partial charge < -0.3 is 10.6 Å². The molecule has 3 rings (SSSR count). The van der Waals surface area contributed by atoms with Gasteiger partial charge in [0.15, 0.2) is 0 Å². The monoisotopic (exact) mass is 409 g/mol. The van der Waals surface area contributed by atoms with Crippen LogP contribution in [-0.2, 0) is 9.59 Å². The summed E-state index contributed by atoms with van der Waals surface area (Å²) in [6.45, 7) is 3.90. The zero-order valence-corrected chi connectivity index (χ0v) is 16.9. The molecule has 0 bridgehead atoms. The number of carbonyl (C=O) groups is 2. The standard InChI is InChI=1S/C22H20FN3O2S/c1-13-4-3-5-19(14(13)2)25-21(28)12-29-22-18(11-24)17(10-20(27)26-22)15-6-8-16(23)9-7-15/h3-9,17H,10,12H2,1-2H3,(H,25,28)(H,26,27)/t17-/m1/s1. The highest BCUT2D eigenvalue weighted by Gasteiger charge is 2.29. The fourth-order valence-corrected chi connectivity index (χ4v) is 4.00. The number of nitriles is 1. The molecular weight excluding hydrogens is 389 g/mol. The van der Waals surface area contributed by atoms with Crippen molar-refractivity contribution < 1.29 is 14.0 Å². The van der Waals surface area contributed by atoms with E-state index in [2.05, 4.69) is 16.7 Å². The van der Waals surface area contributed by atoms with E-state index in [9.17, 15) is 19.2 Å². The van der Waals surface area contributed by atoms with Crippen molar-refractivity contribution in [2.45, 2.75) is 26.2 Å². The van der Waals surface area contributed by atoms with Gasteiger partial charge >= 0.3 is 0 Å². The Labute approximate surface area is 173 Å². The number of anilines is 1. The van der Waals surface area contributed by atoms with Gasteiger partial charge in [0.1, 0.15) is 5.82 Å². The molecule has 7 heteroatoms. The molecule has 0 saturated carbocycles. The van der Waals surface area contributed by atoms with E-state index in [-0.39, 0.29) is 29.8 Å². The lowest BCUT2D eigenvalue weighted by Gasteiger charge is -2.25. The lowest BCUT2D eigenvalue weighted by Crippen LogP contribution is -2.31. The van der Waals surface area contributed by atoms with Gasteiger partial charge in [0, 0.05) is 18.0 Å². The molecular formula is C22H20FN3O2S. The molecule has 29 heavy (non-hydrogen) atoms. The molecule has 2 aromatic carbocycles. The molecule has 148 valence electrons. The number of nitrogens with one attached hydrogen (secondary N) is 2. The number of amides is 2. The summed E-state index contributed by atoms with van der Waals surface area (Å²) in [6, 6.07) is 13.6. The first-order chi connectivity index (χ1) is 13.9. The van der Waals surface area contributed by atoms with Crippen LogP contribution in [0.2, 0.25) is 0 Å². The van der Waals surface area contributed by atoms with Crippen LogP contribution in [0.5, 0.6) is 0 Å². The third-order valence-electron chi connectivity index (χ3n) is 4.85. The number of carbonyl (C=O) groups excluding carboxylic acids is 2. The molecule has 0 spiro atoms. The second-order valence-electron chi connectivity index (χ2n) is 6.80. The summed E-state index contributed by atoms with van der Waals surface area (Å²) in [7, 11) is 0. The molecule has 0 aromatic heterocycles. The van der Waals surface area contributed by atoms with Gasteiger partial charge in [-0.05, 0) is 48.7 Å². The van der Waals surface area contributed by atoms with Crippen LogP contribution >= 0.6 is 11.8 Å². The fourth-order valence-electron chi connectivity index (χ4n) is 3.12. The summed E-state index contributed by atoms with van der Waals surface area (Å²) >= 11 is 1.11. The second kappa shape index (κ2) is 8.93. The third kappa shape index (κ3) is 4.84. The summed E-state index contributed by atoms with van der Waals surface area (Å²) in [4.78, 5) is 24.6. The van der Waals surface area contributed by atoms with Crippen molar-refractivity contribution in [1.82, 2.24) is 5.32 Å². The van der Waals surface area contributed by atoms with Crippen molar-refractivity contribution in [2.75, 3.05) is 11.1 Å². The molecule has 2 amide bonds. The van der Waals surface area contributed by atoms with E-state index >= 15 is 0 Å². The maximum Gasteiger partial charge on any atom is 0.234 e. The summed E-state index contributed by atoms with van der Waals surface area (Å²) in [6.07, 6.45) is 0.104. The van der Waals surface area contributed by atoms with Gasteiger partial charge in [-0.25, -0.2) is 4.39 Å². The van der Waals surface area contributed by atoms with Crippen molar-refractivity contribution in [3.8, 4) is 6.07 Å². The molecule has 0 radical (unpaired) electrons. The van der Waals surface area contributed by atoms with Gasteiger partial charge in [-0.2, -0.15) is 5.26 Å². The summed E-state index contributed by atoms with van der Waals surface area (Å²) in [5.41, 5.74) is 3.87. The lowest BCUT2D eigenvalue weighted by molar-refractivity contribution is -0.121. The van der Waals surface area contributed by atoms with Gasteiger partial charge in [0.25, 0.3) is 0 Å². The molecule has 0 unspecified atom stereocenters. The highest BCUT2D eigenvalue weighted by Crippen LogP contribution is 2.36. The maximum atomic E-state index is 13.2. The number of halogens is 1. The van der Waals surface area contributed by atoms with E-state index in [0.717, 1.165) is 28.6 Å². The smallest absolute Gasteiger partial charge is 0.234 e. The van der Waals surface area contributed by atoms with E-state index in [4.69, 9.17) is 0 Å². The van der Waals surface area contributed by atoms with Crippen LogP contribution in [-0.4, -0.2) is 17.6 Å². The first kappa shape index (κ1) is 20.6. The molecule has 0 fully saturated rings. The number of aryl methyl sites for hydroxylation is 1. The van der Waals surface area contributed by atoms with Crippen LogP contribution in [0.4, 0.5) is 10.1 Å². The lowest BCUT2D eigenvalue weighted by atomic mass is 9.87. The molecule has 5 nitrogen and oxygen atoms in total. The molecule has 1 heterocycles. The predicted molar refractivity (Wildman–Crippen MR) is 112 cm³/mol. The first-order valence-electron chi connectivity index (χ1n) is 9.07. The van der Waals surface area contributed by atoms with E-state index in [0.29, 0.717) is 16.2 Å². The zero-order chi connectivity index (χ0) is 21.0. The van der Waals surface area contributed by atoms with Gasteiger partial charge in [0.05, 0.1) is 22.4 Å². The Hall–Kier alpha value is -3.11. The number of nitrogens with zero attached hydrogens (tertiary/aromatic N) is 1. The second-order valence-corrected chi connectivity index (χ2v) is 7.78. The average Bonchev–Trinajstić information content (AvgIpc) is 2.70. The molecule has 0 aliphatic carbocycles. The summed E-state index contributed by atoms with van der Waals surface area (Å²) < 4.78 is 13.2. The molecule has 2 aromatic rings. The number of allylic oxidation sites excluding steroid dienone is 1. The largest absolute Gasteiger partial charge is 0.325 e. The van der Waals surface area contributed by atoms with Crippen LogP contribution < -0.4 is 10.6 Å². The van der Waals surface area contributed by atoms with Crippen molar-refractivity contribution in [2.24, 2.45) is 0 Å². The highest BCUT2D eigenvalue weighted by atomic mass is 32.2. The number of rotatable bonds is 5. The van der Waals surface area contributed by atoms with E-state index < -0.39 is 5.92 Å². The summed E-state index contributed by atoms with van der Waals surface area (Å²) in [5.74, 6) is -1.26. The number of thioether (sulfide) groups is 1. The van der Waals surface area contributed by atoms with Gasteiger partial charge in [-0.3, -0.25) is 9.59 Å². The van der Waals surface area contributed by atoms with Crippen LogP contribution in [0, 0.1) is 31.0 Å². The molecule has 1 aliphatic rings. The zero-order valence-electron chi connectivity index (χ0n) is 16.1. The fraction of sp³-hybridized carbons (Fsp3) is 0.227. The van der Waals surface area contributed by atoms with Crippen LogP contribution in [0.3, 0.4) is 0 Å². The highest BCUT2D eigenvalue weighted by molar-refractivity contribution is 8.03. The van der Waals surface area contributed by atoms with Crippen molar-refractivity contribution in [3.05, 3.63) is 75.6 Å². The van der Waals surface area contributed by atoms with Gasteiger partial charge in [0.2, 0.25) is 11.8 Å². The van der Waals surface area contributed by atoms with Crippen molar-refractivity contribution >= 4 is 29.3 Å². The van der Waals surface area contributed by atoms with Crippen LogP contribution in [0.15, 0.2) is 53.1 Å². The van der Waals surface area contributed by atoms with E-state index in [1.54, 1.807) is 12.1 Å². The first-order valence-corrected chi connectivity index (χ1v) is 10.1. The Bertz CT molecular complexity index is 1030. The Morgan fingerprint density at radius 2 is 2.00 bits per heavy atom. The van der Waals surface area contributed by atoms with E-state index in [1.807, 2.05) is 32.0 Å². The Balaban J connectivity index is 1.76. The van der Waals surface area contributed by atoms with E-state index in [1.165, 1.54) is 12.1 Å². The topological polar surface area (TPSA) is 82.0 Å². The molecule has 1 aliphatic heterocycles. The quantitative estimate of drug-likeness (QED) is 0.777. The Morgan fingerprint density at radius 1 is 1.28 bits per heavy atom. The van der Waals surface area contributed by atoms with Gasteiger partial charge in [-0.1, -0.05) is 36.0 Å². The number of hydrogen-bond donors (Lipinski definition) is 2. The Kier molecular flexibility index (Phi) is 6.35. The maximum absolute atomic E-state index is 13.2. The minimum atomic E-state index is -0.459. The number of benzene rings is 2. The van der Waals surface area contributed by atoms with Crippen molar-refractivity contribution in [3.63, 3.8) is 0 Å². The normalized spacial score (nSPS) is 16.2. The Morgan fingerprint density at radius 3 is 2.69 bits per heavy atom. The van der Waals surface area contributed by atoms with Crippen LogP contribution in [0.1, 0.15) is 29.0 Å². The average molecular weight is 409 g/mol. The molecule has 2 N–H and O–H groups in total. The van der Waals surface area contributed by atoms with Gasteiger partial charge in [-0.15, -0.1) is 0 Å². The molecule has 1 atom stereocenters. The summed E-state index contributed by atoms with van der Waals surface area (Å²) in [5, 5.41) is 15.6. The van der Waals surface area contributed by atoms with Crippen molar-refractivity contribution in [1.29, 1.82) is 5.26 Å².